The van der Waals surface area contributed by atoms with Gasteiger partial charge in [0.05, 0.1) is 0 Å². The van der Waals surface area contributed by atoms with Crippen molar-refractivity contribution in [2.45, 2.75) is 23.9 Å². The molecule has 0 aliphatic heterocycles. The van der Waals surface area contributed by atoms with Crippen molar-refractivity contribution in [1.82, 2.24) is 0 Å². The van der Waals surface area contributed by atoms with Crippen LogP contribution in [-0.2, 0) is 21.3 Å². The van der Waals surface area contributed by atoms with E-state index in [1.165, 1.54) is 22.3 Å². The third-order valence-electron chi connectivity index (χ3n) is 5.99. The predicted molar refractivity (Wildman–Crippen MR) is 117 cm³/mol. The molecular formula is C27H24Cl2Zr. The molecule has 5 rings (SSSR count). The Labute approximate surface area is 199 Å². The van der Waals surface area contributed by atoms with E-state index in [1.54, 1.807) is 17.6 Å². The summed E-state index contributed by atoms with van der Waals surface area (Å²) in [6.07, 6.45) is 6.10. The standard InChI is InChI=1S/C13H9.C11H9.C3H6.2ClH.Zr/c1-3-7-12-10(5-1)9-11-6-2-4-8-13(11)12;1-2-6-10(7-3-1)11-8-4-5-9-11;1-3-2;;;/h1-9H;1-3,6-9H,4H2;1-2H3;2*1H;/q;;;;;+2/p-2. The molecule has 3 heteroatoms. The van der Waals surface area contributed by atoms with Gasteiger partial charge in [-0.2, -0.15) is 0 Å². The maximum Gasteiger partial charge on any atom is -1.00 e. The largest absolute Gasteiger partial charge is 1.00 e. The first-order valence-electron chi connectivity index (χ1n) is 10.1. The molecule has 0 bridgehead atoms. The zero-order valence-corrected chi connectivity index (χ0v) is 21.2. The van der Waals surface area contributed by atoms with Crippen LogP contribution in [0.5, 0.6) is 0 Å². The fourth-order valence-electron chi connectivity index (χ4n) is 4.81. The Balaban J connectivity index is 0.00000128. The zero-order chi connectivity index (χ0) is 19.1. The number of hydrogen-bond donors (Lipinski definition) is 0. The van der Waals surface area contributed by atoms with E-state index in [1.807, 2.05) is 0 Å². The van der Waals surface area contributed by atoms with E-state index >= 15 is 0 Å². The second-order valence-electron chi connectivity index (χ2n) is 7.92. The number of halogens is 2. The number of allylic oxidation sites excluding steroid dienone is 4. The Morgan fingerprint density at radius 3 is 1.83 bits per heavy atom. The molecule has 0 heterocycles. The predicted octanol–water partition coefficient (Wildman–Crippen LogP) is 0.966. The first-order chi connectivity index (χ1) is 13.7. The summed E-state index contributed by atoms with van der Waals surface area (Å²) in [6, 6.07) is 29.1. The fourth-order valence-corrected chi connectivity index (χ4v) is 13.0. The molecule has 0 radical (unpaired) electrons. The van der Waals surface area contributed by atoms with Crippen LogP contribution in [0.3, 0.4) is 0 Å². The van der Waals surface area contributed by atoms with Crippen LogP contribution in [0.2, 0.25) is 0 Å². The normalized spacial score (nSPS) is 13.6. The molecule has 0 amide bonds. The van der Waals surface area contributed by atoms with Crippen LogP contribution in [0, 0.1) is 0 Å². The molecule has 0 saturated carbocycles. The average Bonchev–Trinajstić information content (AvgIpc) is 3.33. The van der Waals surface area contributed by atoms with E-state index < -0.39 is 21.3 Å². The van der Waals surface area contributed by atoms with E-state index in [2.05, 4.69) is 105 Å². The van der Waals surface area contributed by atoms with Gasteiger partial charge in [0.1, 0.15) is 0 Å². The SMILES string of the molecule is C[C](C)=[Zr+2]([C]1=CC(c2ccccc2)=CC1)[CH]1c2ccccc2-c2ccccc21.[Cl-].[Cl-]. The van der Waals surface area contributed by atoms with E-state index in [-0.39, 0.29) is 24.8 Å². The summed E-state index contributed by atoms with van der Waals surface area (Å²) in [7, 11) is 0. The van der Waals surface area contributed by atoms with E-state index in [9.17, 15) is 0 Å². The smallest absolute Gasteiger partial charge is 1.00 e. The molecule has 2 aliphatic rings. The Kier molecular flexibility index (Phi) is 7.51. The topological polar surface area (TPSA) is 0 Å². The minimum absolute atomic E-state index is 0. The van der Waals surface area contributed by atoms with Crippen molar-refractivity contribution in [3.05, 3.63) is 111 Å². The Morgan fingerprint density at radius 2 is 1.27 bits per heavy atom. The van der Waals surface area contributed by atoms with Crippen LogP contribution < -0.4 is 24.8 Å². The third-order valence-corrected chi connectivity index (χ3v) is 14.1. The van der Waals surface area contributed by atoms with Crippen molar-refractivity contribution < 1.29 is 46.1 Å². The molecule has 0 spiro atoms. The molecule has 0 fully saturated rings. The third kappa shape index (κ3) is 4.01. The summed E-state index contributed by atoms with van der Waals surface area (Å²) in [5.74, 6) is 0. The van der Waals surface area contributed by atoms with Crippen LogP contribution in [0.25, 0.3) is 16.7 Å². The first-order valence-corrected chi connectivity index (χ1v) is 13.9. The summed E-state index contributed by atoms with van der Waals surface area (Å²) < 4.78 is 4.03. The van der Waals surface area contributed by atoms with Crippen LogP contribution in [0.15, 0.2) is 94.3 Å². The van der Waals surface area contributed by atoms with E-state index in [0.29, 0.717) is 3.63 Å². The Morgan fingerprint density at radius 1 is 0.733 bits per heavy atom. The second-order valence-corrected chi connectivity index (χ2v) is 15.4. The van der Waals surface area contributed by atoms with Gasteiger partial charge in [-0.3, -0.25) is 0 Å². The Hall–Kier alpha value is -1.53. The number of benzene rings is 3. The van der Waals surface area contributed by atoms with Gasteiger partial charge in [0.25, 0.3) is 0 Å². The molecule has 150 valence electrons. The van der Waals surface area contributed by atoms with E-state index in [4.69, 9.17) is 0 Å². The van der Waals surface area contributed by atoms with Gasteiger partial charge < -0.3 is 24.8 Å². The van der Waals surface area contributed by atoms with E-state index in [0.717, 1.165) is 6.42 Å². The van der Waals surface area contributed by atoms with Gasteiger partial charge in [0.15, 0.2) is 0 Å². The summed E-state index contributed by atoms with van der Waals surface area (Å²) in [5, 5.41) is 0. The van der Waals surface area contributed by atoms with Crippen molar-refractivity contribution in [1.29, 1.82) is 0 Å². The molecule has 3 aromatic rings. The maximum atomic E-state index is 2.53. The van der Waals surface area contributed by atoms with Gasteiger partial charge in [0.2, 0.25) is 0 Å². The minimum Gasteiger partial charge on any atom is -1.00 e. The average molecular weight is 511 g/mol. The minimum atomic E-state index is -2.05. The second kappa shape index (κ2) is 9.73. The number of fused-ring (bicyclic) bond motifs is 3. The quantitative estimate of drug-likeness (QED) is 0.493. The maximum absolute atomic E-state index is 2.53. The van der Waals surface area contributed by atoms with Gasteiger partial charge in [0, 0.05) is 0 Å². The molecule has 0 nitrogen and oxygen atoms in total. The summed E-state index contributed by atoms with van der Waals surface area (Å²) >= 11 is -2.05. The van der Waals surface area contributed by atoms with Gasteiger partial charge in [-0.05, 0) is 0 Å². The van der Waals surface area contributed by atoms with Crippen LogP contribution in [0.4, 0.5) is 0 Å². The van der Waals surface area contributed by atoms with Gasteiger partial charge in [-0.1, -0.05) is 0 Å². The summed E-state index contributed by atoms with van der Waals surface area (Å²) in [5.41, 5.74) is 8.80. The van der Waals surface area contributed by atoms with Crippen molar-refractivity contribution in [2.75, 3.05) is 0 Å². The summed E-state index contributed by atoms with van der Waals surface area (Å²) in [4.78, 5) is 0. The molecule has 0 unspecified atom stereocenters. The molecular weight excluding hydrogens is 486 g/mol. The van der Waals surface area contributed by atoms with Crippen LogP contribution >= 0.6 is 0 Å². The van der Waals surface area contributed by atoms with Crippen LogP contribution in [-0.4, -0.2) is 3.21 Å². The molecule has 0 N–H and O–H groups in total. The molecule has 3 aromatic carbocycles. The van der Waals surface area contributed by atoms with Gasteiger partial charge >= 0.3 is 176 Å². The van der Waals surface area contributed by atoms with Crippen molar-refractivity contribution in [3.63, 3.8) is 0 Å². The zero-order valence-electron chi connectivity index (χ0n) is 17.2. The van der Waals surface area contributed by atoms with Crippen molar-refractivity contribution in [3.8, 4) is 11.1 Å². The van der Waals surface area contributed by atoms with Gasteiger partial charge in [-0.15, -0.1) is 0 Å². The first kappa shape index (κ1) is 23.1. The molecule has 0 aromatic heterocycles. The fraction of sp³-hybridized carbons (Fsp3) is 0.148. The molecule has 0 saturated heterocycles. The van der Waals surface area contributed by atoms with Crippen LogP contribution in [0.1, 0.15) is 40.6 Å². The van der Waals surface area contributed by atoms with Crippen molar-refractivity contribution >= 4 is 8.78 Å². The molecule has 2 aliphatic carbocycles. The Bertz CT molecular complexity index is 1110. The molecule has 30 heavy (non-hydrogen) atoms. The number of rotatable bonds is 3. The monoisotopic (exact) mass is 508 g/mol. The summed E-state index contributed by atoms with van der Waals surface area (Å²) in [6.45, 7) is 4.78. The molecule has 0 atom stereocenters. The number of hydrogen-bond acceptors (Lipinski definition) is 0. The van der Waals surface area contributed by atoms with Crippen molar-refractivity contribution in [2.24, 2.45) is 0 Å². The van der Waals surface area contributed by atoms with Gasteiger partial charge in [-0.25, -0.2) is 0 Å².